The molecular weight excluding hydrogens is 228 g/mol. The molecule has 1 amide bonds. The molecule has 1 aliphatic carbocycles. The van der Waals surface area contributed by atoms with E-state index in [1.54, 1.807) is 0 Å². The standard InChI is InChI=1S/C14H18N2O2/c17-13(18-9-11-4-2-1-3-5-11)16-14-7-6-12(14)8-15-10-14/h1-5,12,15H,6-10H2,(H,16,17). The van der Waals surface area contributed by atoms with Crippen molar-refractivity contribution in [2.75, 3.05) is 13.1 Å². The van der Waals surface area contributed by atoms with E-state index in [1.807, 2.05) is 30.3 Å². The normalized spacial score (nSPS) is 29.2. The first-order valence-corrected chi connectivity index (χ1v) is 6.48. The highest BCUT2D eigenvalue weighted by Crippen LogP contribution is 2.41. The van der Waals surface area contributed by atoms with Crippen LogP contribution in [0, 0.1) is 5.92 Å². The van der Waals surface area contributed by atoms with Crippen LogP contribution in [-0.2, 0) is 11.3 Å². The van der Waals surface area contributed by atoms with E-state index in [2.05, 4.69) is 10.6 Å². The average molecular weight is 246 g/mol. The highest BCUT2D eigenvalue weighted by atomic mass is 16.5. The summed E-state index contributed by atoms with van der Waals surface area (Å²) in [5.41, 5.74) is 0.980. The van der Waals surface area contributed by atoms with Crippen molar-refractivity contribution in [1.82, 2.24) is 10.6 Å². The van der Waals surface area contributed by atoms with Gasteiger partial charge >= 0.3 is 6.09 Å². The van der Waals surface area contributed by atoms with Crippen molar-refractivity contribution in [3.8, 4) is 0 Å². The number of hydrogen-bond donors (Lipinski definition) is 2. The van der Waals surface area contributed by atoms with Crippen LogP contribution in [0.15, 0.2) is 30.3 Å². The van der Waals surface area contributed by atoms with Gasteiger partial charge in [-0.05, 0) is 24.3 Å². The Labute approximate surface area is 107 Å². The molecule has 3 rings (SSSR count). The fourth-order valence-electron chi connectivity index (χ4n) is 2.87. The van der Waals surface area contributed by atoms with Gasteiger partial charge in [-0.3, -0.25) is 0 Å². The summed E-state index contributed by atoms with van der Waals surface area (Å²) in [5.74, 6) is 0.585. The van der Waals surface area contributed by atoms with Crippen LogP contribution in [0.1, 0.15) is 18.4 Å². The summed E-state index contributed by atoms with van der Waals surface area (Å²) in [6, 6.07) is 9.74. The maximum atomic E-state index is 11.8. The second-order valence-electron chi connectivity index (χ2n) is 5.21. The lowest BCUT2D eigenvalue weighted by atomic mass is 9.69. The SMILES string of the molecule is O=C(NC12CCC1CNC2)OCc1ccccc1. The Hall–Kier alpha value is -1.55. The number of hydrogen-bond acceptors (Lipinski definition) is 3. The van der Waals surface area contributed by atoms with E-state index in [-0.39, 0.29) is 11.6 Å². The Morgan fingerprint density at radius 1 is 1.44 bits per heavy atom. The first-order valence-electron chi connectivity index (χ1n) is 6.48. The van der Waals surface area contributed by atoms with Gasteiger partial charge in [0.25, 0.3) is 0 Å². The predicted octanol–water partition coefficient (Wildman–Crippen LogP) is 1.66. The molecule has 2 atom stereocenters. The molecule has 1 heterocycles. The molecule has 4 heteroatoms. The van der Waals surface area contributed by atoms with Crippen molar-refractivity contribution in [3.05, 3.63) is 35.9 Å². The zero-order valence-electron chi connectivity index (χ0n) is 10.3. The lowest BCUT2D eigenvalue weighted by molar-refractivity contribution is 0.0916. The maximum absolute atomic E-state index is 11.8. The number of carbonyl (C=O) groups excluding carboxylic acids is 1. The van der Waals surface area contributed by atoms with Crippen LogP contribution < -0.4 is 10.6 Å². The second-order valence-corrected chi connectivity index (χ2v) is 5.21. The fourth-order valence-corrected chi connectivity index (χ4v) is 2.87. The number of fused-ring (bicyclic) bond motifs is 1. The Kier molecular flexibility index (Phi) is 2.96. The number of alkyl carbamates (subject to hydrolysis) is 1. The molecule has 1 aliphatic heterocycles. The van der Waals surface area contributed by atoms with Gasteiger partial charge in [0.05, 0.1) is 5.54 Å². The fraction of sp³-hybridized carbons (Fsp3) is 0.500. The van der Waals surface area contributed by atoms with Crippen molar-refractivity contribution in [2.45, 2.75) is 25.0 Å². The third-order valence-electron chi connectivity index (χ3n) is 4.12. The van der Waals surface area contributed by atoms with Crippen LogP contribution in [0.25, 0.3) is 0 Å². The van der Waals surface area contributed by atoms with Gasteiger partial charge < -0.3 is 15.4 Å². The van der Waals surface area contributed by atoms with Crippen molar-refractivity contribution in [1.29, 1.82) is 0 Å². The number of carbonyl (C=O) groups is 1. The largest absolute Gasteiger partial charge is 0.445 e. The molecule has 0 radical (unpaired) electrons. The van der Waals surface area contributed by atoms with Crippen molar-refractivity contribution < 1.29 is 9.53 Å². The minimum Gasteiger partial charge on any atom is -0.445 e. The molecule has 4 nitrogen and oxygen atoms in total. The molecule has 2 N–H and O–H groups in total. The molecular formula is C14H18N2O2. The van der Waals surface area contributed by atoms with Crippen molar-refractivity contribution in [3.63, 3.8) is 0 Å². The monoisotopic (exact) mass is 246 g/mol. The van der Waals surface area contributed by atoms with Crippen LogP contribution in [-0.4, -0.2) is 24.7 Å². The number of rotatable bonds is 3. The molecule has 0 aromatic heterocycles. The number of nitrogens with one attached hydrogen (secondary N) is 2. The van der Waals surface area contributed by atoms with E-state index in [0.29, 0.717) is 12.5 Å². The molecule has 2 unspecified atom stereocenters. The lowest BCUT2D eigenvalue weighted by Crippen LogP contribution is -2.60. The van der Waals surface area contributed by atoms with Crippen molar-refractivity contribution in [2.24, 2.45) is 5.92 Å². The Balaban J connectivity index is 1.51. The van der Waals surface area contributed by atoms with Crippen LogP contribution in [0.3, 0.4) is 0 Å². The minimum atomic E-state index is -0.299. The summed E-state index contributed by atoms with van der Waals surface area (Å²) in [5, 5.41) is 6.37. The number of ether oxygens (including phenoxy) is 1. The van der Waals surface area contributed by atoms with Gasteiger partial charge in [-0.1, -0.05) is 30.3 Å². The average Bonchev–Trinajstić information content (AvgIpc) is 2.65. The highest BCUT2D eigenvalue weighted by Gasteiger charge is 2.51. The lowest BCUT2D eigenvalue weighted by Gasteiger charge is -2.44. The van der Waals surface area contributed by atoms with E-state index in [0.717, 1.165) is 25.1 Å². The van der Waals surface area contributed by atoms with Gasteiger partial charge in [0.2, 0.25) is 0 Å². The summed E-state index contributed by atoms with van der Waals surface area (Å²) in [6.07, 6.45) is 1.96. The van der Waals surface area contributed by atoms with Crippen LogP contribution in [0.2, 0.25) is 0 Å². The van der Waals surface area contributed by atoms with Gasteiger partial charge in [0, 0.05) is 13.1 Å². The molecule has 2 aliphatic rings. The molecule has 1 aromatic rings. The zero-order chi connectivity index (χ0) is 12.4. The first kappa shape index (κ1) is 11.5. The van der Waals surface area contributed by atoms with E-state index in [4.69, 9.17) is 4.74 Å². The topological polar surface area (TPSA) is 50.4 Å². The van der Waals surface area contributed by atoms with Gasteiger partial charge in [-0.2, -0.15) is 0 Å². The van der Waals surface area contributed by atoms with Crippen LogP contribution >= 0.6 is 0 Å². The minimum absolute atomic E-state index is 0.0340. The molecule has 18 heavy (non-hydrogen) atoms. The Bertz CT molecular complexity index is 435. The van der Waals surface area contributed by atoms with Gasteiger partial charge in [0.15, 0.2) is 0 Å². The summed E-state index contributed by atoms with van der Waals surface area (Å²) in [7, 11) is 0. The highest BCUT2D eigenvalue weighted by molar-refractivity contribution is 5.68. The summed E-state index contributed by atoms with van der Waals surface area (Å²) in [4.78, 5) is 11.8. The predicted molar refractivity (Wildman–Crippen MR) is 68.1 cm³/mol. The summed E-state index contributed by atoms with van der Waals surface area (Å²) in [6.45, 7) is 2.22. The van der Waals surface area contributed by atoms with E-state index < -0.39 is 0 Å². The first-order chi connectivity index (χ1) is 8.78. The van der Waals surface area contributed by atoms with E-state index in [1.165, 1.54) is 6.42 Å². The smallest absolute Gasteiger partial charge is 0.407 e. The van der Waals surface area contributed by atoms with Gasteiger partial charge in [0.1, 0.15) is 6.61 Å². The van der Waals surface area contributed by atoms with E-state index >= 15 is 0 Å². The quantitative estimate of drug-likeness (QED) is 0.853. The van der Waals surface area contributed by atoms with E-state index in [9.17, 15) is 4.79 Å². The second kappa shape index (κ2) is 4.61. The molecule has 1 saturated heterocycles. The van der Waals surface area contributed by atoms with Crippen LogP contribution in [0.4, 0.5) is 4.79 Å². The molecule has 0 bridgehead atoms. The van der Waals surface area contributed by atoms with Gasteiger partial charge in [-0.15, -0.1) is 0 Å². The Morgan fingerprint density at radius 3 is 2.94 bits per heavy atom. The van der Waals surface area contributed by atoms with Gasteiger partial charge in [-0.25, -0.2) is 4.79 Å². The molecule has 96 valence electrons. The van der Waals surface area contributed by atoms with Crippen LogP contribution in [0.5, 0.6) is 0 Å². The summed E-state index contributed by atoms with van der Waals surface area (Å²) >= 11 is 0. The Morgan fingerprint density at radius 2 is 2.28 bits per heavy atom. The number of amides is 1. The molecule has 1 aromatic carbocycles. The third kappa shape index (κ3) is 2.08. The zero-order valence-corrected chi connectivity index (χ0v) is 10.3. The molecule has 0 spiro atoms. The van der Waals surface area contributed by atoms with Crippen molar-refractivity contribution >= 4 is 6.09 Å². The summed E-state index contributed by atoms with van der Waals surface area (Å²) < 4.78 is 5.26. The number of benzene rings is 1. The molecule has 1 saturated carbocycles. The third-order valence-corrected chi connectivity index (χ3v) is 4.12. The maximum Gasteiger partial charge on any atom is 0.407 e. The molecule has 2 fully saturated rings.